The van der Waals surface area contributed by atoms with Crippen LogP contribution in [0, 0.1) is 13.8 Å². The van der Waals surface area contributed by atoms with E-state index in [4.69, 9.17) is 5.73 Å². The van der Waals surface area contributed by atoms with Gasteiger partial charge in [0.25, 0.3) is 0 Å². The van der Waals surface area contributed by atoms with Gasteiger partial charge in [-0.1, -0.05) is 11.6 Å². The van der Waals surface area contributed by atoms with Crippen LogP contribution in [0.15, 0.2) is 12.1 Å². The number of anilines is 1. The number of aromatic nitrogens is 1. The summed E-state index contributed by atoms with van der Waals surface area (Å²) in [5.41, 5.74) is 12.3. The van der Waals surface area contributed by atoms with Crippen molar-refractivity contribution in [2.75, 3.05) is 5.73 Å². The van der Waals surface area contributed by atoms with Crippen molar-refractivity contribution in [3.8, 4) is 11.3 Å². The summed E-state index contributed by atoms with van der Waals surface area (Å²) in [5.74, 6) is 0. The maximum Gasteiger partial charge on any atom is 0.180 e. The lowest BCUT2D eigenvalue weighted by Crippen LogP contribution is -2.04. The van der Waals surface area contributed by atoms with Crippen LogP contribution in [-0.2, 0) is 12.8 Å². The van der Waals surface area contributed by atoms with Crippen LogP contribution in [0.4, 0.5) is 5.13 Å². The van der Waals surface area contributed by atoms with Gasteiger partial charge in [-0.2, -0.15) is 0 Å². The van der Waals surface area contributed by atoms with Gasteiger partial charge in [-0.25, -0.2) is 4.98 Å². The Labute approximate surface area is 99.1 Å². The van der Waals surface area contributed by atoms with Crippen molar-refractivity contribution in [3.05, 3.63) is 33.7 Å². The number of aryl methyl sites for hydroxylation is 3. The van der Waals surface area contributed by atoms with Crippen molar-refractivity contribution < 1.29 is 0 Å². The lowest BCUT2D eigenvalue weighted by Gasteiger charge is -2.18. The molecular weight excluding hydrogens is 216 g/mol. The molecule has 0 saturated heterocycles. The Balaban J connectivity index is 2.30. The van der Waals surface area contributed by atoms with Gasteiger partial charge in [-0.3, -0.25) is 0 Å². The maximum absolute atomic E-state index is 5.80. The molecule has 0 unspecified atom stereocenters. The van der Waals surface area contributed by atoms with Crippen molar-refractivity contribution in [2.45, 2.75) is 26.7 Å². The molecule has 1 aromatic carbocycles. The fraction of sp³-hybridized carbons (Fsp3) is 0.308. The smallest absolute Gasteiger partial charge is 0.180 e. The van der Waals surface area contributed by atoms with E-state index in [-0.39, 0.29) is 0 Å². The second-order valence-corrected chi connectivity index (χ2v) is 5.55. The van der Waals surface area contributed by atoms with Gasteiger partial charge in [0.1, 0.15) is 0 Å². The fourth-order valence-corrected chi connectivity index (χ4v) is 3.37. The molecule has 0 atom stereocenters. The molecule has 0 amide bonds. The Kier molecular flexibility index (Phi) is 2.04. The Bertz CT molecular complexity index is 570. The number of hydrogen-bond acceptors (Lipinski definition) is 3. The van der Waals surface area contributed by atoms with E-state index in [1.807, 2.05) is 0 Å². The van der Waals surface area contributed by atoms with E-state index < -0.39 is 0 Å². The minimum absolute atomic E-state index is 0.692. The molecule has 0 bridgehead atoms. The molecule has 1 heterocycles. The lowest BCUT2D eigenvalue weighted by atomic mass is 9.89. The van der Waals surface area contributed by atoms with Gasteiger partial charge in [0.15, 0.2) is 5.13 Å². The number of thiazole rings is 1. The topological polar surface area (TPSA) is 38.9 Å². The Morgan fingerprint density at radius 2 is 2.06 bits per heavy atom. The van der Waals surface area contributed by atoms with Crippen LogP contribution >= 0.6 is 11.3 Å². The van der Waals surface area contributed by atoms with E-state index in [0.29, 0.717) is 5.13 Å². The van der Waals surface area contributed by atoms with Crippen molar-refractivity contribution in [1.82, 2.24) is 4.98 Å². The minimum atomic E-state index is 0.692. The van der Waals surface area contributed by atoms with E-state index >= 15 is 0 Å². The third-order valence-corrected chi connectivity index (χ3v) is 4.13. The summed E-state index contributed by atoms with van der Waals surface area (Å²) in [6, 6.07) is 4.49. The van der Waals surface area contributed by atoms with Crippen molar-refractivity contribution in [3.63, 3.8) is 0 Å². The van der Waals surface area contributed by atoms with Crippen molar-refractivity contribution in [2.24, 2.45) is 0 Å². The summed E-state index contributed by atoms with van der Waals surface area (Å²) in [7, 11) is 0. The quantitative estimate of drug-likeness (QED) is 0.755. The van der Waals surface area contributed by atoms with Crippen LogP contribution in [0.1, 0.15) is 21.6 Å². The standard InChI is InChI=1S/C13H14N2S/c1-7-5-8(2)9-3-4-11-12(10(9)6-7)15-13(14)16-11/h5-6H,3-4H2,1-2H3,(H2,14,15). The van der Waals surface area contributed by atoms with Crippen LogP contribution in [0.5, 0.6) is 0 Å². The fourth-order valence-electron chi connectivity index (χ4n) is 2.53. The largest absolute Gasteiger partial charge is 0.375 e. The number of nitrogens with two attached hydrogens (primary N) is 1. The predicted octanol–water partition coefficient (Wildman–Crippen LogP) is 3.11. The van der Waals surface area contributed by atoms with E-state index in [9.17, 15) is 0 Å². The summed E-state index contributed by atoms with van der Waals surface area (Å²) in [6.07, 6.45) is 2.21. The third-order valence-electron chi connectivity index (χ3n) is 3.19. The van der Waals surface area contributed by atoms with Crippen molar-refractivity contribution >= 4 is 16.5 Å². The zero-order valence-electron chi connectivity index (χ0n) is 9.50. The van der Waals surface area contributed by atoms with Crippen LogP contribution in [-0.4, -0.2) is 4.98 Å². The number of fused-ring (bicyclic) bond motifs is 3. The molecule has 1 aliphatic rings. The van der Waals surface area contributed by atoms with Gasteiger partial charge in [-0.15, -0.1) is 11.3 Å². The van der Waals surface area contributed by atoms with Crippen molar-refractivity contribution in [1.29, 1.82) is 0 Å². The van der Waals surface area contributed by atoms with Gasteiger partial charge in [-0.05, 0) is 43.9 Å². The summed E-state index contributed by atoms with van der Waals surface area (Å²) in [6.45, 7) is 4.32. The maximum atomic E-state index is 5.80. The van der Waals surface area contributed by atoms with Gasteiger partial charge in [0, 0.05) is 10.4 Å². The number of nitrogen functional groups attached to an aromatic ring is 1. The number of nitrogens with zero attached hydrogens (tertiary/aromatic N) is 1. The first-order valence-electron chi connectivity index (χ1n) is 5.51. The first-order valence-corrected chi connectivity index (χ1v) is 6.32. The summed E-state index contributed by atoms with van der Waals surface area (Å²) >= 11 is 1.63. The minimum Gasteiger partial charge on any atom is -0.375 e. The Hall–Kier alpha value is -1.35. The molecule has 0 radical (unpaired) electrons. The van der Waals surface area contributed by atoms with Gasteiger partial charge >= 0.3 is 0 Å². The van der Waals surface area contributed by atoms with Gasteiger partial charge in [0.2, 0.25) is 0 Å². The molecule has 3 rings (SSSR count). The number of hydrogen-bond donors (Lipinski definition) is 1. The van der Waals surface area contributed by atoms with Gasteiger partial charge < -0.3 is 5.73 Å². The molecule has 0 fully saturated rings. The predicted molar refractivity (Wildman–Crippen MR) is 68.8 cm³/mol. The van der Waals surface area contributed by atoms with E-state index in [2.05, 4.69) is 31.0 Å². The zero-order chi connectivity index (χ0) is 11.3. The Morgan fingerprint density at radius 3 is 2.88 bits per heavy atom. The average Bonchev–Trinajstić information content (AvgIpc) is 2.58. The molecule has 2 aromatic rings. The second-order valence-electron chi connectivity index (χ2n) is 4.43. The molecule has 1 aliphatic carbocycles. The van der Waals surface area contributed by atoms with E-state index in [0.717, 1.165) is 18.5 Å². The van der Waals surface area contributed by atoms with Gasteiger partial charge in [0.05, 0.1) is 5.69 Å². The first-order chi connectivity index (χ1) is 7.65. The highest BCUT2D eigenvalue weighted by Gasteiger charge is 2.21. The third kappa shape index (κ3) is 1.35. The normalized spacial score (nSPS) is 13.4. The molecule has 1 aromatic heterocycles. The molecule has 3 heteroatoms. The molecule has 2 nitrogen and oxygen atoms in total. The second kappa shape index (κ2) is 3.32. The molecule has 2 N–H and O–H groups in total. The highest BCUT2D eigenvalue weighted by Crippen LogP contribution is 2.38. The molecule has 0 aliphatic heterocycles. The molecule has 0 saturated carbocycles. The Morgan fingerprint density at radius 1 is 1.25 bits per heavy atom. The highest BCUT2D eigenvalue weighted by atomic mass is 32.1. The molecule has 82 valence electrons. The monoisotopic (exact) mass is 230 g/mol. The lowest BCUT2D eigenvalue weighted by molar-refractivity contribution is 0.941. The van der Waals surface area contributed by atoms with E-state index in [1.54, 1.807) is 11.3 Å². The highest BCUT2D eigenvalue weighted by molar-refractivity contribution is 7.15. The van der Waals surface area contributed by atoms with Crippen LogP contribution in [0.25, 0.3) is 11.3 Å². The summed E-state index contributed by atoms with van der Waals surface area (Å²) < 4.78 is 0. The zero-order valence-corrected chi connectivity index (χ0v) is 10.3. The number of rotatable bonds is 0. The molecule has 16 heavy (non-hydrogen) atoms. The first kappa shape index (κ1) is 9.85. The van der Waals surface area contributed by atoms with Crippen LogP contribution in [0.3, 0.4) is 0 Å². The van der Waals surface area contributed by atoms with Crippen LogP contribution in [0.2, 0.25) is 0 Å². The van der Waals surface area contributed by atoms with E-state index in [1.165, 1.54) is 27.1 Å². The molecule has 0 spiro atoms. The average molecular weight is 230 g/mol. The summed E-state index contributed by atoms with van der Waals surface area (Å²) in [4.78, 5) is 5.81. The summed E-state index contributed by atoms with van der Waals surface area (Å²) in [5, 5.41) is 0.692. The molecular formula is C13H14N2S. The number of benzene rings is 1. The SMILES string of the molecule is Cc1cc(C)c2c(c1)-c1nc(N)sc1CC2. The van der Waals surface area contributed by atoms with Crippen LogP contribution < -0.4 is 5.73 Å².